The molecule has 0 amide bonds. The number of phenols is 1. The molecule has 0 saturated carbocycles. The average Bonchev–Trinajstić information content (AvgIpc) is 3.07. The molecule has 6 rings (SSSR count). The van der Waals surface area contributed by atoms with Crippen molar-refractivity contribution in [2.75, 3.05) is 7.11 Å². The van der Waals surface area contributed by atoms with Crippen LogP contribution in [0.25, 0.3) is 21.5 Å². The molecule has 0 aromatic heterocycles. The van der Waals surface area contributed by atoms with Crippen LogP contribution in [0.2, 0.25) is 0 Å². The van der Waals surface area contributed by atoms with Crippen molar-refractivity contribution in [1.82, 2.24) is 0 Å². The Morgan fingerprint density at radius 2 is 1.04 bits per heavy atom. The average molecular weight is 597 g/mol. The van der Waals surface area contributed by atoms with E-state index in [-0.39, 0.29) is 28.0 Å². The predicted octanol–water partition coefficient (Wildman–Crippen LogP) is 7.88. The van der Waals surface area contributed by atoms with E-state index in [0.29, 0.717) is 11.1 Å². The molecule has 6 nitrogen and oxygen atoms in total. The number of nitrogens with zero attached hydrogens (tertiary/aromatic N) is 2. The number of halogens is 2. The second-order valence-corrected chi connectivity index (χ2v) is 9.95. The van der Waals surface area contributed by atoms with Crippen molar-refractivity contribution >= 4 is 33.1 Å². The van der Waals surface area contributed by atoms with Crippen LogP contribution in [-0.4, -0.2) is 23.8 Å². The molecular weight excluding hydrogens is 574 g/mol. The molecule has 6 aromatic rings. The number of nitriles is 2. The van der Waals surface area contributed by atoms with Crippen LogP contribution in [0.3, 0.4) is 0 Å². The van der Waals surface area contributed by atoms with Crippen molar-refractivity contribution in [3.05, 3.63) is 154 Å². The number of hydrogen-bond donors (Lipinski definition) is 1. The Bertz CT molecular complexity index is 2210. The topological polar surface area (TPSA) is 111 Å². The van der Waals surface area contributed by atoms with E-state index in [9.17, 15) is 23.5 Å². The molecule has 0 heterocycles. The summed E-state index contributed by atoms with van der Waals surface area (Å²) in [7, 11) is 1.59. The summed E-state index contributed by atoms with van der Waals surface area (Å²) in [5.41, 5.74) is 0.952. The normalized spacial score (nSPS) is 10.3. The summed E-state index contributed by atoms with van der Waals surface area (Å²) < 4.78 is 32.9. The third-order valence-electron chi connectivity index (χ3n) is 7.08. The largest absolute Gasteiger partial charge is 0.508 e. The van der Waals surface area contributed by atoms with Gasteiger partial charge < -0.3 is 9.84 Å². The van der Waals surface area contributed by atoms with Crippen LogP contribution in [-0.2, 0) is 0 Å². The van der Waals surface area contributed by atoms with Crippen LogP contribution in [0.5, 0.6) is 11.5 Å². The first-order chi connectivity index (χ1) is 21.7. The zero-order valence-corrected chi connectivity index (χ0v) is 23.7. The Morgan fingerprint density at radius 3 is 1.53 bits per heavy atom. The third-order valence-corrected chi connectivity index (χ3v) is 7.08. The van der Waals surface area contributed by atoms with Gasteiger partial charge in [-0.3, -0.25) is 9.59 Å². The number of phenolic OH excluding ortho intramolecular Hbond substituents is 1. The maximum Gasteiger partial charge on any atom is 0.196 e. The molecule has 0 unspecified atom stereocenters. The van der Waals surface area contributed by atoms with E-state index in [4.69, 9.17) is 15.3 Å². The van der Waals surface area contributed by atoms with Crippen LogP contribution >= 0.6 is 0 Å². The lowest BCUT2D eigenvalue weighted by Crippen LogP contribution is -2.04. The maximum absolute atomic E-state index is 13.9. The first kappa shape index (κ1) is 30.1. The lowest BCUT2D eigenvalue weighted by molar-refractivity contribution is 0.102. The van der Waals surface area contributed by atoms with Gasteiger partial charge in [0.2, 0.25) is 0 Å². The van der Waals surface area contributed by atoms with Crippen molar-refractivity contribution in [2.24, 2.45) is 0 Å². The van der Waals surface area contributed by atoms with Crippen molar-refractivity contribution in [1.29, 1.82) is 10.5 Å². The number of fused-ring (bicyclic) bond motifs is 2. The molecule has 0 aliphatic carbocycles. The molecule has 0 aliphatic heterocycles. The highest BCUT2D eigenvalue weighted by Gasteiger charge is 2.17. The van der Waals surface area contributed by atoms with Crippen molar-refractivity contribution < 1.29 is 28.2 Å². The van der Waals surface area contributed by atoms with Gasteiger partial charge in [0.15, 0.2) is 11.6 Å². The summed E-state index contributed by atoms with van der Waals surface area (Å²) in [6.45, 7) is 0. The number of hydrogen-bond acceptors (Lipinski definition) is 6. The minimum atomic E-state index is -0.658. The van der Waals surface area contributed by atoms with Gasteiger partial charge in [-0.05, 0) is 94.3 Å². The van der Waals surface area contributed by atoms with Gasteiger partial charge in [0.1, 0.15) is 23.1 Å². The molecular formula is C37H22F2N2O4. The zero-order valence-electron chi connectivity index (χ0n) is 23.7. The number of benzene rings is 6. The molecule has 0 saturated heterocycles. The van der Waals surface area contributed by atoms with Gasteiger partial charge in [-0.1, -0.05) is 36.4 Å². The van der Waals surface area contributed by atoms with Crippen LogP contribution in [0.4, 0.5) is 8.78 Å². The SMILES string of the molecule is COc1ccc2cc(C(=O)c3cc(C#N)ccc3F)ccc2c1.N#Cc1ccc(F)c(C(=O)c2ccc3cc(O)ccc3c2)c1. The minimum Gasteiger partial charge on any atom is -0.508 e. The minimum absolute atomic E-state index is 0.100. The van der Waals surface area contributed by atoms with E-state index < -0.39 is 23.2 Å². The number of aromatic hydroxyl groups is 1. The molecule has 45 heavy (non-hydrogen) atoms. The number of rotatable bonds is 5. The Labute approximate surface area is 256 Å². The number of ketones is 2. The zero-order chi connectivity index (χ0) is 32.1. The molecule has 0 spiro atoms. The lowest BCUT2D eigenvalue weighted by atomic mass is 9.98. The monoisotopic (exact) mass is 596 g/mol. The van der Waals surface area contributed by atoms with E-state index in [0.717, 1.165) is 39.4 Å². The third kappa shape index (κ3) is 6.51. The fourth-order valence-electron chi connectivity index (χ4n) is 4.72. The highest BCUT2D eigenvalue weighted by Crippen LogP contribution is 2.25. The van der Waals surface area contributed by atoms with Crippen LogP contribution in [0, 0.1) is 34.3 Å². The second-order valence-electron chi connectivity index (χ2n) is 9.95. The van der Waals surface area contributed by atoms with Gasteiger partial charge >= 0.3 is 0 Å². The summed E-state index contributed by atoms with van der Waals surface area (Å²) in [6.07, 6.45) is 0. The van der Waals surface area contributed by atoms with Gasteiger partial charge in [-0.25, -0.2) is 8.78 Å². The van der Waals surface area contributed by atoms with Gasteiger partial charge in [-0.15, -0.1) is 0 Å². The number of carbonyl (C=O) groups is 2. The Balaban J connectivity index is 0.000000178. The van der Waals surface area contributed by atoms with E-state index in [2.05, 4.69) is 0 Å². The molecule has 0 fully saturated rings. The highest BCUT2D eigenvalue weighted by molar-refractivity contribution is 6.11. The number of methoxy groups -OCH3 is 1. The van der Waals surface area contributed by atoms with E-state index in [1.807, 2.05) is 24.3 Å². The summed E-state index contributed by atoms with van der Waals surface area (Å²) in [6, 6.07) is 31.6. The standard InChI is InChI=1S/C19H12FNO2.C18H10FNO2/c1-23-16-6-5-13-9-15(4-3-14(13)10-16)19(22)17-8-12(11-21)2-7-18(17)20;19-17-6-1-11(10-20)7-16(17)18(22)14-3-2-13-9-15(21)5-4-12(13)8-14/h2-10H,1H3;1-9,21H. The van der Waals surface area contributed by atoms with Crippen LogP contribution in [0.15, 0.2) is 109 Å². The first-order valence-electron chi connectivity index (χ1n) is 13.5. The van der Waals surface area contributed by atoms with Crippen molar-refractivity contribution in [2.45, 2.75) is 0 Å². The molecule has 0 aliphatic rings. The molecule has 218 valence electrons. The van der Waals surface area contributed by atoms with Gasteiger partial charge in [-0.2, -0.15) is 10.5 Å². The van der Waals surface area contributed by atoms with Gasteiger partial charge in [0.25, 0.3) is 0 Å². The molecule has 0 atom stereocenters. The molecule has 8 heteroatoms. The van der Waals surface area contributed by atoms with Crippen molar-refractivity contribution in [3.8, 4) is 23.6 Å². The van der Waals surface area contributed by atoms with Crippen molar-refractivity contribution in [3.63, 3.8) is 0 Å². The fraction of sp³-hybridized carbons (Fsp3) is 0.0270. The summed E-state index contributed by atoms with van der Waals surface area (Å²) in [5.74, 6) is -1.36. The number of ether oxygens (including phenoxy) is 1. The van der Waals surface area contributed by atoms with Crippen LogP contribution < -0.4 is 4.74 Å². The van der Waals surface area contributed by atoms with E-state index in [1.165, 1.54) is 30.3 Å². The summed E-state index contributed by atoms with van der Waals surface area (Å²) in [5, 5.41) is 30.5. The molecule has 0 bridgehead atoms. The predicted molar refractivity (Wildman–Crippen MR) is 165 cm³/mol. The quantitative estimate of drug-likeness (QED) is 0.203. The van der Waals surface area contributed by atoms with E-state index >= 15 is 0 Å². The summed E-state index contributed by atoms with van der Waals surface area (Å²) in [4.78, 5) is 25.0. The highest BCUT2D eigenvalue weighted by atomic mass is 19.1. The maximum atomic E-state index is 13.9. The number of carbonyl (C=O) groups excluding carboxylic acids is 2. The second kappa shape index (κ2) is 12.9. The fourth-order valence-corrected chi connectivity index (χ4v) is 4.72. The van der Waals surface area contributed by atoms with E-state index in [1.54, 1.807) is 61.7 Å². The smallest absolute Gasteiger partial charge is 0.196 e. The lowest BCUT2D eigenvalue weighted by Gasteiger charge is -2.06. The van der Waals surface area contributed by atoms with Crippen LogP contribution in [0.1, 0.15) is 43.0 Å². The molecule has 6 aromatic carbocycles. The molecule has 0 radical (unpaired) electrons. The van der Waals surface area contributed by atoms with Gasteiger partial charge in [0.05, 0.1) is 41.5 Å². The first-order valence-corrected chi connectivity index (χ1v) is 13.5. The van der Waals surface area contributed by atoms with Gasteiger partial charge in [0, 0.05) is 11.1 Å². The molecule has 1 N–H and O–H groups in total. The Morgan fingerprint density at radius 1 is 0.600 bits per heavy atom. The Kier molecular flexibility index (Phi) is 8.60. The Hall–Kier alpha value is -6.38. The summed E-state index contributed by atoms with van der Waals surface area (Å²) >= 11 is 0.